The van der Waals surface area contributed by atoms with Gasteiger partial charge in [0, 0.05) is 29.4 Å². The van der Waals surface area contributed by atoms with Gasteiger partial charge in [0.05, 0.1) is 5.69 Å². The molecule has 0 radical (unpaired) electrons. The van der Waals surface area contributed by atoms with Crippen LogP contribution in [0.4, 0.5) is 0 Å². The summed E-state index contributed by atoms with van der Waals surface area (Å²) in [4.78, 5) is 15.1. The lowest BCUT2D eigenvalue weighted by Gasteiger charge is -2.27. The molecular formula is C21H24ClN3O. The molecular weight excluding hydrogens is 346 g/mol. The van der Waals surface area contributed by atoms with Crippen molar-refractivity contribution in [1.29, 1.82) is 0 Å². The van der Waals surface area contributed by atoms with Crippen LogP contribution in [-0.2, 0) is 12.8 Å². The van der Waals surface area contributed by atoms with Crippen LogP contribution >= 0.6 is 11.6 Å². The number of fused-ring (bicyclic) bond motifs is 1. The van der Waals surface area contributed by atoms with E-state index in [-0.39, 0.29) is 5.91 Å². The van der Waals surface area contributed by atoms with Crippen molar-refractivity contribution in [2.45, 2.75) is 44.9 Å². The second-order valence-corrected chi connectivity index (χ2v) is 7.70. The number of hydrogen-bond donors (Lipinski definition) is 0. The van der Waals surface area contributed by atoms with E-state index in [0.717, 1.165) is 62.9 Å². The van der Waals surface area contributed by atoms with E-state index in [2.05, 4.69) is 6.58 Å². The maximum absolute atomic E-state index is 13.2. The second-order valence-electron chi connectivity index (χ2n) is 7.26. The molecule has 1 amide bonds. The summed E-state index contributed by atoms with van der Waals surface area (Å²) in [6.45, 7) is 5.55. The predicted molar refractivity (Wildman–Crippen MR) is 104 cm³/mol. The normalized spacial score (nSPS) is 17.7. The Morgan fingerprint density at radius 2 is 1.69 bits per heavy atom. The zero-order valence-corrected chi connectivity index (χ0v) is 15.8. The molecule has 0 atom stereocenters. The molecule has 1 aromatic heterocycles. The number of carbonyl (C=O) groups excluding carboxylic acids is 1. The van der Waals surface area contributed by atoms with Crippen molar-refractivity contribution in [2.24, 2.45) is 0 Å². The average Bonchev–Trinajstić information content (AvgIpc) is 2.84. The van der Waals surface area contributed by atoms with Crippen LogP contribution in [0.15, 0.2) is 36.4 Å². The fraction of sp³-hybridized carbons (Fsp3) is 0.429. The number of aromatic nitrogens is 2. The monoisotopic (exact) mass is 369 g/mol. The molecule has 0 unspecified atom stereocenters. The minimum atomic E-state index is 0.0726. The molecule has 136 valence electrons. The van der Waals surface area contributed by atoms with Crippen molar-refractivity contribution >= 4 is 17.5 Å². The van der Waals surface area contributed by atoms with Crippen molar-refractivity contribution in [3.05, 3.63) is 58.4 Å². The third-order valence-corrected chi connectivity index (χ3v) is 5.71. The Balaban J connectivity index is 1.73. The van der Waals surface area contributed by atoms with Crippen LogP contribution in [0, 0.1) is 0 Å². The van der Waals surface area contributed by atoms with E-state index in [0.29, 0.717) is 10.7 Å². The lowest BCUT2D eigenvalue weighted by molar-refractivity contribution is 0.0736. The fourth-order valence-electron chi connectivity index (χ4n) is 3.92. The Hall–Kier alpha value is -2.07. The summed E-state index contributed by atoms with van der Waals surface area (Å²) in [6, 6.07) is 7.69. The van der Waals surface area contributed by atoms with Crippen LogP contribution in [0.25, 0.3) is 5.69 Å². The minimum Gasteiger partial charge on any atom is -0.337 e. The van der Waals surface area contributed by atoms with E-state index in [9.17, 15) is 4.79 Å². The zero-order valence-electron chi connectivity index (χ0n) is 15.0. The molecule has 0 saturated carbocycles. The van der Waals surface area contributed by atoms with E-state index in [4.69, 9.17) is 16.7 Å². The smallest absolute Gasteiger partial charge is 0.274 e. The molecule has 2 aromatic rings. The van der Waals surface area contributed by atoms with Gasteiger partial charge in [0.2, 0.25) is 0 Å². The molecule has 1 aromatic carbocycles. The van der Waals surface area contributed by atoms with Crippen LogP contribution in [-0.4, -0.2) is 33.7 Å². The summed E-state index contributed by atoms with van der Waals surface area (Å²) in [6.07, 6.45) is 7.16. The van der Waals surface area contributed by atoms with Gasteiger partial charge in [0.25, 0.3) is 5.91 Å². The topological polar surface area (TPSA) is 38.1 Å². The van der Waals surface area contributed by atoms with Crippen LogP contribution in [0.5, 0.6) is 0 Å². The Kier molecular flexibility index (Phi) is 4.86. The summed E-state index contributed by atoms with van der Waals surface area (Å²) >= 11 is 6.04. The van der Waals surface area contributed by atoms with Crippen LogP contribution in [0.2, 0.25) is 5.02 Å². The maximum Gasteiger partial charge on any atom is 0.274 e. The summed E-state index contributed by atoms with van der Waals surface area (Å²) < 4.78 is 1.97. The quantitative estimate of drug-likeness (QED) is 0.573. The van der Waals surface area contributed by atoms with Crippen molar-refractivity contribution in [3.63, 3.8) is 0 Å². The Bertz CT molecular complexity index is 828. The van der Waals surface area contributed by atoms with Gasteiger partial charge >= 0.3 is 0 Å². The zero-order chi connectivity index (χ0) is 18.1. The summed E-state index contributed by atoms with van der Waals surface area (Å²) in [5.41, 5.74) is 5.18. The molecule has 4 nitrogen and oxygen atoms in total. The van der Waals surface area contributed by atoms with Gasteiger partial charge in [-0.05, 0) is 62.8 Å². The molecule has 26 heavy (non-hydrogen) atoms. The highest BCUT2D eigenvalue weighted by molar-refractivity contribution is 6.30. The predicted octanol–water partition coefficient (Wildman–Crippen LogP) is 4.59. The number of rotatable bonds is 2. The van der Waals surface area contributed by atoms with Crippen LogP contribution < -0.4 is 0 Å². The van der Waals surface area contributed by atoms with E-state index < -0.39 is 0 Å². The number of amides is 1. The highest BCUT2D eigenvalue weighted by Crippen LogP contribution is 2.28. The molecule has 1 fully saturated rings. The van der Waals surface area contributed by atoms with Gasteiger partial charge in [-0.25, -0.2) is 4.68 Å². The van der Waals surface area contributed by atoms with Crippen LogP contribution in [0.1, 0.15) is 53.8 Å². The summed E-state index contributed by atoms with van der Waals surface area (Å²) in [5, 5.41) is 5.49. The van der Waals surface area contributed by atoms with Gasteiger partial charge in [0.1, 0.15) is 0 Å². The third-order valence-electron chi connectivity index (χ3n) is 5.46. The lowest BCUT2D eigenvalue weighted by Crippen LogP contribution is -2.37. The second kappa shape index (κ2) is 7.28. The molecule has 1 aliphatic heterocycles. The molecule has 2 heterocycles. The van der Waals surface area contributed by atoms with Gasteiger partial charge in [-0.1, -0.05) is 30.2 Å². The first-order chi connectivity index (χ1) is 12.6. The lowest BCUT2D eigenvalue weighted by atomic mass is 10.0. The van der Waals surface area contributed by atoms with Crippen molar-refractivity contribution < 1.29 is 4.79 Å². The Labute approximate surface area is 159 Å². The largest absolute Gasteiger partial charge is 0.337 e. The van der Waals surface area contributed by atoms with E-state index in [1.54, 1.807) is 0 Å². The number of likely N-dealkylation sites (tertiary alicyclic amines) is 1. The summed E-state index contributed by atoms with van der Waals surface area (Å²) in [7, 11) is 0. The van der Waals surface area contributed by atoms with Crippen molar-refractivity contribution in [1.82, 2.24) is 14.7 Å². The first-order valence-corrected chi connectivity index (χ1v) is 9.84. The molecule has 0 bridgehead atoms. The van der Waals surface area contributed by atoms with Gasteiger partial charge < -0.3 is 4.90 Å². The van der Waals surface area contributed by atoms with Crippen molar-refractivity contribution in [3.8, 4) is 5.69 Å². The molecule has 1 aliphatic carbocycles. The first kappa shape index (κ1) is 17.3. The first-order valence-electron chi connectivity index (χ1n) is 9.46. The fourth-order valence-corrected chi connectivity index (χ4v) is 4.05. The SMILES string of the molecule is C=C1CCN(C(=O)c2nn(-c3ccc(Cl)cc3)c3c2CCCCC3)CC1. The number of halogens is 1. The number of carbonyl (C=O) groups is 1. The van der Waals surface area contributed by atoms with Gasteiger partial charge in [0.15, 0.2) is 5.69 Å². The molecule has 0 spiro atoms. The van der Waals surface area contributed by atoms with Gasteiger partial charge in [-0.15, -0.1) is 0 Å². The number of piperidine rings is 1. The standard InChI is InChI=1S/C21H24ClN3O/c1-15-11-13-24(14-12-15)21(26)20-18-5-3-2-4-6-19(18)25(23-20)17-9-7-16(22)8-10-17/h7-10H,1-6,11-14H2. The van der Waals surface area contributed by atoms with E-state index in [1.807, 2.05) is 33.8 Å². The average molecular weight is 370 g/mol. The number of hydrogen-bond acceptors (Lipinski definition) is 2. The highest BCUT2D eigenvalue weighted by atomic mass is 35.5. The summed E-state index contributed by atoms with van der Waals surface area (Å²) in [5.74, 6) is 0.0726. The van der Waals surface area contributed by atoms with E-state index >= 15 is 0 Å². The van der Waals surface area contributed by atoms with Gasteiger partial charge in [-0.3, -0.25) is 4.79 Å². The third kappa shape index (κ3) is 3.30. The number of benzene rings is 1. The number of nitrogens with zero attached hydrogens (tertiary/aromatic N) is 3. The molecule has 0 N–H and O–H groups in total. The molecule has 4 rings (SSSR count). The Morgan fingerprint density at radius 1 is 1.00 bits per heavy atom. The van der Waals surface area contributed by atoms with Gasteiger partial charge in [-0.2, -0.15) is 5.10 Å². The van der Waals surface area contributed by atoms with Crippen molar-refractivity contribution in [2.75, 3.05) is 13.1 Å². The van der Waals surface area contributed by atoms with E-state index in [1.165, 1.54) is 17.7 Å². The highest BCUT2D eigenvalue weighted by Gasteiger charge is 2.28. The Morgan fingerprint density at radius 3 is 2.42 bits per heavy atom. The molecule has 1 saturated heterocycles. The molecule has 5 heteroatoms. The van der Waals surface area contributed by atoms with Crippen LogP contribution in [0.3, 0.4) is 0 Å². The maximum atomic E-state index is 13.2. The molecule has 2 aliphatic rings. The minimum absolute atomic E-state index is 0.0726.